The molecule has 1 heteroatoms. The first-order valence-corrected chi connectivity index (χ1v) is 10.2. The Labute approximate surface area is 167 Å². The van der Waals surface area contributed by atoms with Gasteiger partial charge in [0, 0.05) is 17.5 Å². The molecular formula is C27H27N. The van der Waals surface area contributed by atoms with Crippen LogP contribution in [0.2, 0.25) is 0 Å². The molecule has 0 amide bonds. The zero-order valence-electron chi connectivity index (χ0n) is 16.8. The van der Waals surface area contributed by atoms with Crippen molar-refractivity contribution < 1.29 is 0 Å². The third-order valence-corrected chi connectivity index (χ3v) is 5.57. The summed E-state index contributed by atoms with van der Waals surface area (Å²) in [6.07, 6.45) is 21.3. The zero-order valence-corrected chi connectivity index (χ0v) is 16.8. The summed E-state index contributed by atoms with van der Waals surface area (Å²) < 4.78 is 0. The van der Waals surface area contributed by atoms with Crippen molar-refractivity contribution in [3.63, 3.8) is 0 Å². The Kier molecular flexibility index (Phi) is 5.25. The molecule has 1 aliphatic heterocycles. The first-order valence-electron chi connectivity index (χ1n) is 10.2. The number of rotatable bonds is 4. The molecule has 0 radical (unpaired) electrons. The van der Waals surface area contributed by atoms with E-state index in [1.165, 1.54) is 49.2 Å². The SMILES string of the molecule is C=C/C=C\C=C(/C)c1c2c(c(C3=NC=CCC3)c3cc(C)ccc13)=CCCC=2. The summed E-state index contributed by atoms with van der Waals surface area (Å²) in [5.41, 5.74) is 6.49. The lowest BCUT2D eigenvalue weighted by atomic mass is 9.85. The lowest BCUT2D eigenvalue weighted by Crippen LogP contribution is -2.36. The Morgan fingerprint density at radius 1 is 1.04 bits per heavy atom. The summed E-state index contributed by atoms with van der Waals surface area (Å²) in [5.74, 6) is 0. The van der Waals surface area contributed by atoms with Crippen LogP contribution in [0.25, 0.3) is 28.5 Å². The average Bonchev–Trinajstić information content (AvgIpc) is 2.72. The maximum absolute atomic E-state index is 4.79. The molecule has 0 bridgehead atoms. The van der Waals surface area contributed by atoms with Crippen molar-refractivity contribution >= 4 is 34.2 Å². The number of benzene rings is 2. The molecule has 0 fully saturated rings. The highest BCUT2D eigenvalue weighted by Crippen LogP contribution is 2.27. The van der Waals surface area contributed by atoms with Gasteiger partial charge in [0.25, 0.3) is 0 Å². The maximum atomic E-state index is 4.79. The number of hydrogen-bond acceptors (Lipinski definition) is 1. The van der Waals surface area contributed by atoms with E-state index in [-0.39, 0.29) is 0 Å². The van der Waals surface area contributed by atoms with E-state index in [1.54, 1.807) is 0 Å². The van der Waals surface area contributed by atoms with Gasteiger partial charge in [-0.1, -0.05) is 72.9 Å². The Hall–Kier alpha value is -2.93. The minimum Gasteiger partial charge on any atom is -0.261 e. The highest BCUT2D eigenvalue weighted by atomic mass is 14.7. The molecular weight excluding hydrogens is 338 g/mol. The summed E-state index contributed by atoms with van der Waals surface area (Å²) in [6, 6.07) is 6.86. The van der Waals surface area contributed by atoms with Crippen LogP contribution >= 0.6 is 0 Å². The van der Waals surface area contributed by atoms with Gasteiger partial charge in [0.2, 0.25) is 0 Å². The molecule has 1 heterocycles. The minimum absolute atomic E-state index is 1.01. The van der Waals surface area contributed by atoms with E-state index in [0.717, 1.165) is 25.7 Å². The summed E-state index contributed by atoms with van der Waals surface area (Å²) in [5, 5.41) is 5.39. The van der Waals surface area contributed by atoms with E-state index < -0.39 is 0 Å². The second kappa shape index (κ2) is 7.98. The monoisotopic (exact) mass is 365 g/mol. The predicted octanol–water partition coefficient (Wildman–Crippen LogP) is 5.75. The standard InChI is InChI=1S/C27H27N/c1-4-5-6-11-20(3)26-21-12-7-8-13-22(21)27(25-14-9-10-17-28-25)24-18-19(2)15-16-23(24)26/h4-6,10-13,15-18H,1,7-9,14H2,2-3H3/b6-5-,20-11+. The minimum atomic E-state index is 1.01. The smallest absolute Gasteiger partial charge is 0.0491 e. The molecule has 1 aliphatic carbocycles. The van der Waals surface area contributed by atoms with E-state index in [2.05, 4.69) is 69.0 Å². The number of aliphatic imine (C=N–C) groups is 1. The first kappa shape index (κ1) is 18.4. The van der Waals surface area contributed by atoms with Crippen LogP contribution in [0.4, 0.5) is 0 Å². The van der Waals surface area contributed by atoms with Crippen LogP contribution in [-0.2, 0) is 0 Å². The predicted molar refractivity (Wildman–Crippen MR) is 124 cm³/mol. The Morgan fingerprint density at radius 2 is 1.86 bits per heavy atom. The molecule has 0 unspecified atom stereocenters. The van der Waals surface area contributed by atoms with Crippen molar-refractivity contribution in [1.29, 1.82) is 0 Å². The lowest BCUT2D eigenvalue weighted by Gasteiger charge is -2.19. The second-order valence-corrected chi connectivity index (χ2v) is 7.58. The molecule has 2 aliphatic rings. The highest BCUT2D eigenvalue weighted by molar-refractivity contribution is 6.14. The molecule has 0 spiro atoms. The Bertz CT molecular complexity index is 1180. The molecule has 28 heavy (non-hydrogen) atoms. The molecule has 4 rings (SSSR count). The summed E-state index contributed by atoms with van der Waals surface area (Å²) in [4.78, 5) is 4.79. The van der Waals surface area contributed by atoms with Gasteiger partial charge in [0.1, 0.15) is 0 Å². The fourth-order valence-corrected chi connectivity index (χ4v) is 4.31. The molecule has 0 N–H and O–H groups in total. The average molecular weight is 366 g/mol. The van der Waals surface area contributed by atoms with E-state index in [1.807, 2.05) is 18.4 Å². The number of aryl methyl sites for hydroxylation is 1. The van der Waals surface area contributed by atoms with Gasteiger partial charge in [-0.2, -0.15) is 0 Å². The molecule has 0 saturated carbocycles. The van der Waals surface area contributed by atoms with Gasteiger partial charge in [-0.15, -0.1) is 0 Å². The van der Waals surface area contributed by atoms with Gasteiger partial charge >= 0.3 is 0 Å². The number of nitrogens with zero attached hydrogens (tertiary/aromatic N) is 1. The largest absolute Gasteiger partial charge is 0.261 e. The number of allylic oxidation sites excluding steroid dienone is 6. The van der Waals surface area contributed by atoms with Crippen molar-refractivity contribution in [2.75, 3.05) is 0 Å². The molecule has 0 aromatic heterocycles. The van der Waals surface area contributed by atoms with E-state index in [4.69, 9.17) is 4.99 Å². The number of hydrogen-bond donors (Lipinski definition) is 0. The van der Waals surface area contributed by atoms with E-state index >= 15 is 0 Å². The maximum Gasteiger partial charge on any atom is 0.0491 e. The molecule has 0 atom stereocenters. The number of fused-ring (bicyclic) bond motifs is 2. The zero-order chi connectivity index (χ0) is 19.5. The Morgan fingerprint density at radius 3 is 2.61 bits per heavy atom. The van der Waals surface area contributed by atoms with E-state index in [0.29, 0.717) is 0 Å². The first-order chi connectivity index (χ1) is 13.7. The fraction of sp³-hybridized carbons (Fsp3) is 0.222. The van der Waals surface area contributed by atoms with Gasteiger partial charge in [-0.25, -0.2) is 0 Å². The summed E-state index contributed by atoms with van der Waals surface area (Å²) >= 11 is 0. The molecule has 2 aromatic rings. The van der Waals surface area contributed by atoms with E-state index in [9.17, 15) is 0 Å². The van der Waals surface area contributed by atoms with Crippen LogP contribution in [0.5, 0.6) is 0 Å². The third kappa shape index (κ3) is 3.33. The van der Waals surface area contributed by atoms with Crippen LogP contribution in [0, 0.1) is 6.92 Å². The van der Waals surface area contributed by atoms with Gasteiger partial charge in [0.15, 0.2) is 0 Å². The van der Waals surface area contributed by atoms with Crippen molar-refractivity contribution in [1.82, 2.24) is 0 Å². The highest BCUT2D eigenvalue weighted by Gasteiger charge is 2.18. The van der Waals surface area contributed by atoms with Crippen molar-refractivity contribution in [2.45, 2.75) is 39.5 Å². The van der Waals surface area contributed by atoms with Crippen LogP contribution in [-0.4, -0.2) is 5.71 Å². The van der Waals surface area contributed by atoms with Gasteiger partial charge in [0.05, 0.1) is 0 Å². The summed E-state index contributed by atoms with van der Waals surface area (Å²) in [7, 11) is 0. The summed E-state index contributed by atoms with van der Waals surface area (Å²) in [6.45, 7) is 8.17. The molecule has 140 valence electrons. The molecule has 2 aromatic carbocycles. The van der Waals surface area contributed by atoms with Crippen molar-refractivity contribution in [3.8, 4) is 0 Å². The van der Waals surface area contributed by atoms with Crippen LogP contribution in [0.1, 0.15) is 49.3 Å². The normalized spacial score (nSPS) is 16.5. The Balaban J connectivity index is 2.15. The van der Waals surface area contributed by atoms with Gasteiger partial charge in [-0.3, -0.25) is 4.99 Å². The van der Waals surface area contributed by atoms with Crippen molar-refractivity contribution in [2.24, 2.45) is 4.99 Å². The van der Waals surface area contributed by atoms with Crippen LogP contribution in [0.3, 0.4) is 0 Å². The molecule has 1 nitrogen and oxygen atoms in total. The van der Waals surface area contributed by atoms with Crippen LogP contribution in [0.15, 0.2) is 66.4 Å². The molecule has 0 saturated heterocycles. The van der Waals surface area contributed by atoms with Gasteiger partial charge in [-0.05, 0) is 71.9 Å². The van der Waals surface area contributed by atoms with Gasteiger partial charge < -0.3 is 0 Å². The second-order valence-electron chi connectivity index (χ2n) is 7.58. The fourth-order valence-electron chi connectivity index (χ4n) is 4.31. The quantitative estimate of drug-likeness (QED) is 0.612. The lowest BCUT2D eigenvalue weighted by molar-refractivity contribution is 1.05. The topological polar surface area (TPSA) is 12.4 Å². The third-order valence-electron chi connectivity index (χ3n) is 5.57. The van der Waals surface area contributed by atoms with Crippen LogP contribution < -0.4 is 10.4 Å². The van der Waals surface area contributed by atoms with Crippen molar-refractivity contribution in [3.05, 3.63) is 88.5 Å².